The van der Waals surface area contributed by atoms with Crippen LogP contribution in [0.25, 0.3) is 22.4 Å². The topological polar surface area (TPSA) is 120 Å². The van der Waals surface area contributed by atoms with E-state index in [1.807, 2.05) is 42.5 Å². The number of hydrogen-bond donors (Lipinski definition) is 2. The van der Waals surface area contributed by atoms with Crippen LogP contribution in [-0.2, 0) is 4.74 Å². The van der Waals surface area contributed by atoms with E-state index in [0.717, 1.165) is 16.7 Å². The summed E-state index contributed by atoms with van der Waals surface area (Å²) in [6.07, 6.45) is 1.58. The summed E-state index contributed by atoms with van der Waals surface area (Å²) in [5, 5.41) is 13.5. The van der Waals surface area contributed by atoms with Gasteiger partial charge in [-0.2, -0.15) is 10.4 Å². The molecule has 34 heavy (non-hydrogen) atoms. The van der Waals surface area contributed by atoms with Crippen LogP contribution < -0.4 is 11.0 Å². The predicted molar refractivity (Wildman–Crippen MR) is 129 cm³/mol. The fourth-order valence-corrected chi connectivity index (χ4v) is 3.34. The standard InChI is InChI=1S/C26H19N5O3/c1-34-25(33)21-12-6-11-20(14-21)19-10-5-7-17(13-19)16-28-31-26-29-23(18-8-3-2-4-9-18)22(15-27)24(32)30-26/h2-14,16H,1H3,(H2,29,30,31,32). The maximum atomic E-state index is 12.4. The van der Waals surface area contributed by atoms with Gasteiger partial charge in [0.15, 0.2) is 0 Å². The van der Waals surface area contributed by atoms with Crippen molar-refractivity contribution < 1.29 is 9.53 Å². The Balaban J connectivity index is 1.57. The van der Waals surface area contributed by atoms with E-state index in [1.165, 1.54) is 7.11 Å². The zero-order valence-electron chi connectivity index (χ0n) is 18.1. The first kappa shape index (κ1) is 22.2. The van der Waals surface area contributed by atoms with Crippen molar-refractivity contribution in [3.8, 4) is 28.5 Å². The Morgan fingerprint density at radius 3 is 2.47 bits per heavy atom. The van der Waals surface area contributed by atoms with Gasteiger partial charge >= 0.3 is 5.97 Å². The summed E-state index contributed by atoms with van der Waals surface area (Å²) in [7, 11) is 1.35. The number of rotatable bonds is 6. The number of benzene rings is 3. The lowest BCUT2D eigenvalue weighted by atomic mass is 10.0. The summed E-state index contributed by atoms with van der Waals surface area (Å²) in [6.45, 7) is 0. The van der Waals surface area contributed by atoms with Crippen molar-refractivity contribution in [3.63, 3.8) is 0 Å². The van der Waals surface area contributed by atoms with Crippen LogP contribution in [0.1, 0.15) is 21.5 Å². The van der Waals surface area contributed by atoms with Gasteiger partial charge in [0.1, 0.15) is 11.6 Å². The number of carbonyl (C=O) groups excluding carboxylic acids is 1. The Kier molecular flexibility index (Phi) is 6.56. The monoisotopic (exact) mass is 449 g/mol. The molecular weight excluding hydrogens is 430 g/mol. The second-order valence-electron chi connectivity index (χ2n) is 7.18. The molecule has 166 valence electrons. The molecule has 8 heteroatoms. The van der Waals surface area contributed by atoms with Gasteiger partial charge in [0.25, 0.3) is 5.56 Å². The van der Waals surface area contributed by atoms with Crippen molar-refractivity contribution in [2.24, 2.45) is 5.10 Å². The number of nitriles is 1. The minimum atomic E-state index is -0.554. The van der Waals surface area contributed by atoms with Crippen LogP contribution in [0.3, 0.4) is 0 Å². The van der Waals surface area contributed by atoms with Gasteiger partial charge in [-0.1, -0.05) is 60.7 Å². The molecular formula is C26H19N5O3. The Labute approximate surface area is 195 Å². The quantitative estimate of drug-likeness (QED) is 0.258. The van der Waals surface area contributed by atoms with Gasteiger partial charge in [0.2, 0.25) is 5.95 Å². The van der Waals surface area contributed by atoms with Crippen LogP contribution in [0.5, 0.6) is 0 Å². The SMILES string of the molecule is COC(=O)c1cccc(-c2cccc(C=NNc3nc(-c4ccccc4)c(C#N)c(=O)[nH]3)c2)c1. The van der Waals surface area contributed by atoms with Crippen LogP contribution in [0.15, 0.2) is 88.8 Å². The molecule has 0 bridgehead atoms. The molecule has 1 heterocycles. The Bertz CT molecular complexity index is 1470. The fraction of sp³-hybridized carbons (Fsp3) is 0.0385. The van der Waals surface area contributed by atoms with Crippen molar-refractivity contribution in [1.82, 2.24) is 9.97 Å². The van der Waals surface area contributed by atoms with Gasteiger partial charge < -0.3 is 4.74 Å². The highest BCUT2D eigenvalue weighted by Gasteiger charge is 2.13. The Hall–Kier alpha value is -5.03. The van der Waals surface area contributed by atoms with E-state index in [0.29, 0.717) is 11.1 Å². The van der Waals surface area contributed by atoms with E-state index >= 15 is 0 Å². The molecule has 4 rings (SSSR count). The number of ether oxygens (including phenoxy) is 1. The summed E-state index contributed by atoms with van der Waals surface area (Å²) in [5.41, 5.74) is 6.03. The minimum Gasteiger partial charge on any atom is -0.465 e. The molecule has 2 N–H and O–H groups in total. The molecule has 0 amide bonds. The Morgan fingerprint density at radius 2 is 1.74 bits per heavy atom. The second kappa shape index (κ2) is 10.1. The number of hydrogen-bond acceptors (Lipinski definition) is 7. The lowest BCUT2D eigenvalue weighted by Crippen LogP contribution is -2.16. The average Bonchev–Trinajstić information content (AvgIpc) is 2.88. The van der Waals surface area contributed by atoms with Crippen LogP contribution in [0.4, 0.5) is 5.95 Å². The molecule has 0 unspecified atom stereocenters. The largest absolute Gasteiger partial charge is 0.465 e. The number of methoxy groups -OCH3 is 1. The van der Waals surface area contributed by atoms with Gasteiger partial charge in [0.05, 0.1) is 24.6 Å². The minimum absolute atomic E-state index is 0.0670. The van der Waals surface area contributed by atoms with E-state index in [2.05, 4.69) is 20.5 Å². The summed E-state index contributed by atoms with van der Waals surface area (Å²) in [6, 6.07) is 25.6. The third-order valence-electron chi connectivity index (χ3n) is 4.97. The van der Waals surface area contributed by atoms with Gasteiger partial charge in [0, 0.05) is 5.56 Å². The van der Waals surface area contributed by atoms with E-state index in [4.69, 9.17) is 4.74 Å². The maximum absolute atomic E-state index is 12.4. The fourth-order valence-electron chi connectivity index (χ4n) is 3.34. The smallest absolute Gasteiger partial charge is 0.337 e. The molecule has 0 spiro atoms. The average molecular weight is 449 g/mol. The number of aromatic nitrogens is 2. The third kappa shape index (κ3) is 4.89. The summed E-state index contributed by atoms with van der Waals surface area (Å²) in [4.78, 5) is 31.1. The van der Waals surface area contributed by atoms with Crippen LogP contribution >= 0.6 is 0 Å². The van der Waals surface area contributed by atoms with Crippen molar-refractivity contribution in [3.05, 3.63) is 106 Å². The highest BCUT2D eigenvalue weighted by molar-refractivity contribution is 5.91. The summed E-state index contributed by atoms with van der Waals surface area (Å²) >= 11 is 0. The van der Waals surface area contributed by atoms with E-state index in [9.17, 15) is 14.9 Å². The predicted octanol–water partition coefficient (Wildman–Crippen LogP) is 4.21. The van der Waals surface area contributed by atoms with Gasteiger partial charge in [-0.05, 0) is 34.9 Å². The normalized spacial score (nSPS) is 10.6. The number of anilines is 1. The van der Waals surface area contributed by atoms with Gasteiger partial charge in [-0.25, -0.2) is 15.2 Å². The number of aromatic amines is 1. The first-order chi connectivity index (χ1) is 16.6. The van der Waals surface area contributed by atoms with E-state index < -0.39 is 11.5 Å². The van der Waals surface area contributed by atoms with Gasteiger partial charge in [-0.3, -0.25) is 9.78 Å². The lowest BCUT2D eigenvalue weighted by molar-refractivity contribution is 0.0601. The first-order valence-corrected chi connectivity index (χ1v) is 10.3. The summed E-state index contributed by atoms with van der Waals surface area (Å²) in [5.74, 6) is -0.288. The molecule has 4 aromatic rings. The van der Waals surface area contributed by atoms with Crippen molar-refractivity contribution in [2.75, 3.05) is 12.5 Å². The van der Waals surface area contributed by atoms with Crippen molar-refractivity contribution in [1.29, 1.82) is 5.26 Å². The van der Waals surface area contributed by atoms with Crippen LogP contribution in [-0.4, -0.2) is 29.3 Å². The molecule has 0 aliphatic rings. The maximum Gasteiger partial charge on any atom is 0.337 e. The third-order valence-corrected chi connectivity index (χ3v) is 4.97. The number of esters is 1. The van der Waals surface area contributed by atoms with E-state index in [1.54, 1.807) is 48.7 Å². The summed E-state index contributed by atoms with van der Waals surface area (Å²) < 4.78 is 4.79. The number of hydrazone groups is 1. The molecule has 8 nitrogen and oxygen atoms in total. The number of carbonyl (C=O) groups is 1. The Morgan fingerprint density at radius 1 is 1.03 bits per heavy atom. The number of nitrogens with one attached hydrogen (secondary N) is 2. The molecule has 1 aromatic heterocycles. The van der Waals surface area contributed by atoms with Crippen molar-refractivity contribution in [2.45, 2.75) is 0 Å². The molecule has 0 radical (unpaired) electrons. The lowest BCUT2D eigenvalue weighted by Gasteiger charge is -2.06. The molecule has 3 aromatic carbocycles. The second-order valence-corrected chi connectivity index (χ2v) is 7.18. The molecule has 0 atom stereocenters. The molecule has 0 aliphatic carbocycles. The first-order valence-electron chi connectivity index (χ1n) is 10.3. The van der Waals surface area contributed by atoms with E-state index in [-0.39, 0.29) is 17.2 Å². The van der Waals surface area contributed by atoms with Gasteiger partial charge in [-0.15, -0.1) is 0 Å². The van der Waals surface area contributed by atoms with Crippen molar-refractivity contribution >= 4 is 18.1 Å². The molecule has 0 aliphatic heterocycles. The highest BCUT2D eigenvalue weighted by Crippen LogP contribution is 2.22. The zero-order chi connectivity index (χ0) is 23.9. The number of H-pyrrole nitrogens is 1. The van der Waals surface area contributed by atoms with Crippen LogP contribution in [0, 0.1) is 11.3 Å². The number of nitrogens with zero attached hydrogens (tertiary/aromatic N) is 3. The highest BCUT2D eigenvalue weighted by atomic mass is 16.5. The zero-order valence-corrected chi connectivity index (χ0v) is 18.1. The molecule has 0 saturated heterocycles. The molecule has 0 fully saturated rings. The van der Waals surface area contributed by atoms with Crippen LogP contribution in [0.2, 0.25) is 0 Å². The molecule has 0 saturated carbocycles.